The normalized spacial score (nSPS) is 18.7. The number of rotatable bonds is 16. The second-order valence-electron chi connectivity index (χ2n) is 13.8. The lowest BCUT2D eigenvalue weighted by Gasteiger charge is -2.34. The van der Waals surface area contributed by atoms with Crippen LogP contribution in [0, 0.1) is 18.2 Å². The smallest absolute Gasteiger partial charge is 0.229 e. The Balaban J connectivity index is 1.07. The van der Waals surface area contributed by atoms with E-state index < -0.39 is 5.41 Å². The number of methoxy groups -OCH3 is 2. The molecule has 1 N–H and O–H groups in total. The zero-order chi connectivity index (χ0) is 35.1. The van der Waals surface area contributed by atoms with E-state index in [-0.39, 0.29) is 11.7 Å². The Hall–Kier alpha value is -4.15. The Kier molecular flexibility index (Phi) is 11.6. The number of imidazole rings is 1. The lowest BCUT2D eigenvalue weighted by Crippen LogP contribution is -2.41. The number of hydrogen-bond acceptors (Lipinski definition) is 7. The fourth-order valence-corrected chi connectivity index (χ4v) is 7.90. The number of carbonyl (C=O) groups is 1. The van der Waals surface area contributed by atoms with Gasteiger partial charge in [-0.3, -0.25) is 4.79 Å². The topological polar surface area (TPSA) is 81.1 Å². The zero-order valence-corrected chi connectivity index (χ0v) is 30.1. The fourth-order valence-electron chi connectivity index (χ4n) is 7.90. The monoisotopic (exact) mass is 685 g/mol. The number of aryl methyl sites for hydroxylation is 1. The fraction of sp³-hybridized carbons (Fsp3) is 0.500. The van der Waals surface area contributed by atoms with E-state index in [1.165, 1.54) is 12.1 Å². The highest BCUT2D eigenvalue weighted by molar-refractivity contribution is 5.85. The first-order valence-electron chi connectivity index (χ1n) is 18.1. The second-order valence-corrected chi connectivity index (χ2v) is 13.8. The summed E-state index contributed by atoms with van der Waals surface area (Å²) in [6.45, 7) is 10.3. The highest BCUT2D eigenvalue weighted by Crippen LogP contribution is 2.41. The predicted octanol–water partition coefficient (Wildman–Crippen LogP) is 6.86. The molecule has 0 aliphatic carbocycles. The average Bonchev–Trinajstić information content (AvgIpc) is 3.62. The average molecular weight is 686 g/mol. The molecule has 9 nitrogen and oxygen atoms in total. The van der Waals surface area contributed by atoms with Gasteiger partial charge < -0.3 is 33.9 Å². The number of anilines is 1. The molecule has 1 atom stereocenters. The number of aromatic nitrogens is 2. The summed E-state index contributed by atoms with van der Waals surface area (Å²) in [4.78, 5) is 23.7. The van der Waals surface area contributed by atoms with Crippen LogP contribution in [0.5, 0.6) is 11.5 Å². The van der Waals surface area contributed by atoms with Crippen LogP contribution >= 0.6 is 0 Å². The van der Waals surface area contributed by atoms with Crippen LogP contribution in [0.1, 0.15) is 55.7 Å². The van der Waals surface area contributed by atoms with E-state index >= 15 is 0 Å². The molecule has 0 bridgehead atoms. The van der Waals surface area contributed by atoms with Crippen LogP contribution in [0.15, 0.2) is 60.7 Å². The standard InChI is InChI=1S/C40H52FN5O4/c1-5-50-24-23-46-35-10-7-6-9-34(35)43-39(46)42-33-15-20-44(21-16-33)19-8-17-40(27-30-11-13-32(41)14-12-30)18-22-45(38(40)47)28-31-25-29(2)37(49-4)36(26-31)48-3/h6-7,9-14,25-26,33H,5,8,15-24,27-28H2,1-4H3,(H,42,43). The van der Waals surface area contributed by atoms with Crippen molar-refractivity contribution < 1.29 is 23.4 Å². The van der Waals surface area contributed by atoms with Gasteiger partial charge in [-0.2, -0.15) is 0 Å². The summed E-state index contributed by atoms with van der Waals surface area (Å²) >= 11 is 0. The van der Waals surface area contributed by atoms with E-state index in [2.05, 4.69) is 39.0 Å². The summed E-state index contributed by atoms with van der Waals surface area (Å²) in [5.74, 6) is 2.23. The molecule has 3 aromatic carbocycles. The van der Waals surface area contributed by atoms with Crippen LogP contribution in [0.2, 0.25) is 0 Å². The molecule has 0 saturated carbocycles. The number of benzene rings is 3. The maximum atomic E-state index is 14.3. The molecule has 2 fully saturated rings. The Bertz CT molecular complexity index is 1740. The molecule has 268 valence electrons. The molecule has 1 aromatic heterocycles. The Labute approximate surface area is 295 Å². The van der Waals surface area contributed by atoms with Crippen molar-refractivity contribution >= 4 is 22.9 Å². The number of fused-ring (bicyclic) bond motifs is 1. The number of para-hydroxylation sites is 2. The van der Waals surface area contributed by atoms with Gasteiger partial charge in [0.2, 0.25) is 11.9 Å². The summed E-state index contributed by atoms with van der Waals surface area (Å²) in [5.41, 5.74) is 4.61. The number of amides is 1. The number of carbonyl (C=O) groups excluding carboxylic acids is 1. The third kappa shape index (κ3) is 8.08. The van der Waals surface area contributed by atoms with Crippen molar-refractivity contribution in [2.45, 2.75) is 71.5 Å². The van der Waals surface area contributed by atoms with Gasteiger partial charge in [0.25, 0.3) is 0 Å². The predicted molar refractivity (Wildman–Crippen MR) is 195 cm³/mol. The van der Waals surface area contributed by atoms with E-state index in [0.717, 1.165) is 92.0 Å². The van der Waals surface area contributed by atoms with Crippen molar-refractivity contribution in [3.8, 4) is 11.5 Å². The maximum Gasteiger partial charge on any atom is 0.229 e. The van der Waals surface area contributed by atoms with Crippen LogP contribution in [0.4, 0.5) is 10.3 Å². The van der Waals surface area contributed by atoms with Gasteiger partial charge in [0.05, 0.1) is 37.3 Å². The molecule has 1 unspecified atom stereocenters. The Morgan fingerprint density at radius 3 is 2.50 bits per heavy atom. The number of likely N-dealkylation sites (tertiary alicyclic amines) is 2. The summed E-state index contributed by atoms with van der Waals surface area (Å²) < 4.78 is 32.8. The molecule has 0 spiro atoms. The SMILES string of the molecule is CCOCCn1c(NC2CCN(CCCC3(Cc4ccc(F)cc4)CCN(Cc4cc(C)c(OC)c(OC)c4)C3=O)CC2)nc2ccccc21. The minimum absolute atomic E-state index is 0.185. The van der Waals surface area contributed by atoms with Crippen LogP contribution in [0.25, 0.3) is 11.0 Å². The van der Waals surface area contributed by atoms with E-state index in [1.54, 1.807) is 14.2 Å². The molecule has 2 aliphatic rings. The molecule has 2 aliphatic heterocycles. The zero-order valence-electron chi connectivity index (χ0n) is 30.1. The number of piperidine rings is 1. The van der Waals surface area contributed by atoms with Crippen molar-refractivity contribution in [3.63, 3.8) is 0 Å². The summed E-state index contributed by atoms with van der Waals surface area (Å²) in [7, 11) is 3.28. The minimum atomic E-state index is -0.510. The highest BCUT2D eigenvalue weighted by atomic mass is 19.1. The Morgan fingerprint density at radius 1 is 0.980 bits per heavy atom. The number of nitrogens with one attached hydrogen (secondary N) is 1. The first kappa shape index (κ1) is 35.7. The number of halogens is 1. The first-order valence-corrected chi connectivity index (χ1v) is 18.1. The quantitative estimate of drug-likeness (QED) is 0.129. The number of hydrogen-bond donors (Lipinski definition) is 1. The molecule has 6 rings (SSSR count). The number of ether oxygens (including phenoxy) is 3. The molecule has 3 heterocycles. The van der Waals surface area contributed by atoms with Crippen molar-refractivity contribution in [1.82, 2.24) is 19.4 Å². The largest absolute Gasteiger partial charge is 0.493 e. The van der Waals surface area contributed by atoms with Gasteiger partial charge in [0.15, 0.2) is 11.5 Å². The molecular formula is C40H52FN5O4. The molecule has 50 heavy (non-hydrogen) atoms. The van der Waals surface area contributed by atoms with Gasteiger partial charge >= 0.3 is 0 Å². The van der Waals surface area contributed by atoms with Gasteiger partial charge in [0.1, 0.15) is 5.82 Å². The minimum Gasteiger partial charge on any atom is -0.493 e. The maximum absolute atomic E-state index is 14.3. The van der Waals surface area contributed by atoms with Crippen LogP contribution < -0.4 is 14.8 Å². The van der Waals surface area contributed by atoms with Crippen LogP contribution in [-0.2, 0) is 29.0 Å². The van der Waals surface area contributed by atoms with Gasteiger partial charge in [0, 0.05) is 45.4 Å². The molecule has 2 saturated heterocycles. The Morgan fingerprint density at radius 2 is 1.76 bits per heavy atom. The number of nitrogens with zero attached hydrogens (tertiary/aromatic N) is 4. The van der Waals surface area contributed by atoms with Crippen molar-refractivity contribution in [2.75, 3.05) is 58.9 Å². The van der Waals surface area contributed by atoms with Crippen molar-refractivity contribution in [2.24, 2.45) is 5.41 Å². The lowest BCUT2D eigenvalue weighted by atomic mass is 9.76. The van der Waals surface area contributed by atoms with E-state index in [0.29, 0.717) is 50.3 Å². The summed E-state index contributed by atoms with van der Waals surface area (Å²) in [5, 5.41) is 3.75. The summed E-state index contributed by atoms with van der Waals surface area (Å²) in [6.07, 6.45) is 5.20. The first-order chi connectivity index (χ1) is 24.3. The van der Waals surface area contributed by atoms with Crippen LogP contribution in [-0.4, -0.2) is 84.9 Å². The highest BCUT2D eigenvalue weighted by Gasteiger charge is 2.46. The third-order valence-corrected chi connectivity index (χ3v) is 10.5. The van der Waals surface area contributed by atoms with Crippen molar-refractivity contribution in [1.29, 1.82) is 0 Å². The molecular weight excluding hydrogens is 633 g/mol. The molecule has 0 radical (unpaired) electrons. The summed E-state index contributed by atoms with van der Waals surface area (Å²) in [6, 6.07) is 19.3. The van der Waals surface area contributed by atoms with Gasteiger partial charge in [-0.25, -0.2) is 9.37 Å². The van der Waals surface area contributed by atoms with Gasteiger partial charge in [-0.15, -0.1) is 0 Å². The van der Waals surface area contributed by atoms with Crippen molar-refractivity contribution in [3.05, 3.63) is 83.2 Å². The second kappa shape index (κ2) is 16.2. The van der Waals surface area contributed by atoms with Gasteiger partial charge in [-0.05, 0) is 106 Å². The van der Waals surface area contributed by atoms with Crippen LogP contribution in [0.3, 0.4) is 0 Å². The molecule has 1 amide bonds. The van der Waals surface area contributed by atoms with E-state index in [4.69, 9.17) is 19.2 Å². The molecule has 4 aromatic rings. The van der Waals surface area contributed by atoms with E-state index in [1.807, 2.05) is 43.0 Å². The lowest BCUT2D eigenvalue weighted by molar-refractivity contribution is -0.137. The third-order valence-electron chi connectivity index (χ3n) is 10.5. The van der Waals surface area contributed by atoms with Gasteiger partial charge in [-0.1, -0.05) is 30.3 Å². The van der Waals surface area contributed by atoms with E-state index in [9.17, 15) is 9.18 Å². The molecule has 10 heteroatoms.